The summed E-state index contributed by atoms with van der Waals surface area (Å²) in [6, 6.07) is 3.01. The number of carbonyl (C=O) groups is 1. The summed E-state index contributed by atoms with van der Waals surface area (Å²) in [6.07, 6.45) is 4.85. The highest BCUT2D eigenvalue weighted by Gasteiger charge is 2.30. The van der Waals surface area contributed by atoms with E-state index in [2.05, 4.69) is 31.7 Å². The van der Waals surface area contributed by atoms with Gasteiger partial charge >= 0.3 is 0 Å². The molecule has 0 atom stereocenters. The summed E-state index contributed by atoms with van der Waals surface area (Å²) in [6.45, 7) is 10.3. The lowest BCUT2D eigenvalue weighted by molar-refractivity contribution is -0.134. The Morgan fingerprint density at radius 2 is 1.67 bits per heavy atom. The molecule has 0 unspecified atom stereocenters. The molecule has 2 fully saturated rings. The molecule has 1 amide bonds. The molecule has 2 aliphatic rings. The second-order valence-electron chi connectivity index (χ2n) is 7.79. The fraction of sp³-hybridized carbons (Fsp3) is 0.882. The molecule has 4 nitrogen and oxygen atoms in total. The highest BCUT2D eigenvalue weighted by atomic mass is 16.2. The van der Waals surface area contributed by atoms with Gasteiger partial charge in [0, 0.05) is 31.5 Å². The van der Waals surface area contributed by atoms with Gasteiger partial charge in [0.25, 0.3) is 0 Å². The van der Waals surface area contributed by atoms with E-state index in [1.807, 2.05) is 4.90 Å². The molecule has 0 radical (unpaired) electrons. The first kappa shape index (κ1) is 16.3. The van der Waals surface area contributed by atoms with Gasteiger partial charge in [0.2, 0.25) is 5.91 Å². The van der Waals surface area contributed by atoms with Crippen LogP contribution >= 0.6 is 0 Å². The first-order valence-electron chi connectivity index (χ1n) is 8.30. The Balaban J connectivity index is 1.76. The molecule has 118 valence electrons. The minimum atomic E-state index is 0.0765. The van der Waals surface area contributed by atoms with Crippen molar-refractivity contribution in [2.75, 3.05) is 26.2 Å². The molecule has 0 aliphatic carbocycles. The van der Waals surface area contributed by atoms with Crippen molar-refractivity contribution in [2.45, 2.75) is 58.9 Å². The van der Waals surface area contributed by atoms with Gasteiger partial charge in [-0.15, -0.1) is 0 Å². The highest BCUT2D eigenvalue weighted by molar-refractivity contribution is 5.76. The SMILES string of the molecule is CC(C)(C)CC(=O)N1CCC(N2CCC(C#N)CC2)CC1. The van der Waals surface area contributed by atoms with E-state index >= 15 is 0 Å². The number of nitrogens with zero attached hydrogens (tertiary/aromatic N) is 3. The number of carbonyl (C=O) groups excluding carboxylic acids is 1. The van der Waals surface area contributed by atoms with Gasteiger partial charge in [-0.25, -0.2) is 0 Å². The van der Waals surface area contributed by atoms with E-state index in [0.29, 0.717) is 18.4 Å². The van der Waals surface area contributed by atoms with E-state index in [0.717, 1.165) is 51.9 Å². The van der Waals surface area contributed by atoms with Gasteiger partial charge < -0.3 is 9.80 Å². The van der Waals surface area contributed by atoms with Crippen molar-refractivity contribution in [1.82, 2.24) is 9.80 Å². The Bertz CT molecular complexity index is 391. The third kappa shape index (κ3) is 4.71. The average molecular weight is 291 g/mol. The lowest BCUT2D eigenvalue weighted by Gasteiger charge is -2.41. The second-order valence-corrected chi connectivity index (χ2v) is 7.79. The van der Waals surface area contributed by atoms with Crippen LogP contribution in [-0.4, -0.2) is 47.9 Å². The number of hydrogen-bond donors (Lipinski definition) is 0. The number of amides is 1. The Kier molecular flexibility index (Phi) is 5.27. The third-order valence-corrected chi connectivity index (χ3v) is 4.73. The number of rotatable bonds is 2. The highest BCUT2D eigenvalue weighted by Crippen LogP contribution is 2.25. The standard InChI is InChI=1S/C17H29N3O/c1-17(2,3)12-16(21)20-10-6-15(7-11-20)19-8-4-14(13-18)5-9-19/h14-15H,4-12H2,1-3H3. The molecule has 0 saturated carbocycles. The summed E-state index contributed by atoms with van der Waals surface area (Å²) in [5, 5.41) is 8.96. The molecule has 0 aromatic rings. The predicted molar refractivity (Wildman–Crippen MR) is 83.6 cm³/mol. The second kappa shape index (κ2) is 6.79. The van der Waals surface area contributed by atoms with Crippen molar-refractivity contribution in [3.63, 3.8) is 0 Å². The summed E-state index contributed by atoms with van der Waals surface area (Å²) in [7, 11) is 0. The molecule has 4 heteroatoms. The van der Waals surface area contributed by atoms with Gasteiger partial charge in [-0.3, -0.25) is 4.79 Å². The van der Waals surface area contributed by atoms with E-state index in [1.165, 1.54) is 0 Å². The van der Waals surface area contributed by atoms with Gasteiger partial charge in [0.1, 0.15) is 0 Å². The number of piperidine rings is 2. The molecule has 2 aliphatic heterocycles. The monoisotopic (exact) mass is 291 g/mol. The summed E-state index contributed by atoms with van der Waals surface area (Å²) in [5.41, 5.74) is 0.0765. The van der Waals surface area contributed by atoms with Gasteiger partial charge in [-0.05, 0) is 44.2 Å². The molecule has 0 bridgehead atoms. The summed E-state index contributed by atoms with van der Waals surface area (Å²) < 4.78 is 0. The molecular weight excluding hydrogens is 262 g/mol. The largest absolute Gasteiger partial charge is 0.343 e. The van der Waals surface area contributed by atoms with Crippen molar-refractivity contribution in [2.24, 2.45) is 11.3 Å². The van der Waals surface area contributed by atoms with Gasteiger partial charge in [0.15, 0.2) is 0 Å². The zero-order valence-electron chi connectivity index (χ0n) is 13.8. The van der Waals surface area contributed by atoms with E-state index < -0.39 is 0 Å². The Labute approximate surface area is 129 Å². The lowest BCUT2D eigenvalue weighted by atomic mass is 9.90. The van der Waals surface area contributed by atoms with Crippen LogP contribution in [0.5, 0.6) is 0 Å². The van der Waals surface area contributed by atoms with E-state index in [1.54, 1.807) is 0 Å². The van der Waals surface area contributed by atoms with Crippen molar-refractivity contribution in [3.05, 3.63) is 0 Å². The van der Waals surface area contributed by atoms with Crippen LogP contribution in [0.15, 0.2) is 0 Å². The molecule has 0 aromatic carbocycles. The predicted octanol–water partition coefficient (Wildman–Crippen LogP) is 2.65. The zero-order chi connectivity index (χ0) is 15.5. The zero-order valence-corrected chi connectivity index (χ0v) is 13.8. The number of hydrogen-bond acceptors (Lipinski definition) is 3. The van der Waals surface area contributed by atoms with Crippen molar-refractivity contribution in [1.29, 1.82) is 5.26 Å². The number of nitriles is 1. The Morgan fingerprint density at radius 3 is 2.14 bits per heavy atom. The first-order chi connectivity index (χ1) is 9.89. The molecule has 2 heterocycles. The molecular formula is C17H29N3O. The topological polar surface area (TPSA) is 47.3 Å². The molecule has 0 aromatic heterocycles. The maximum Gasteiger partial charge on any atom is 0.223 e. The summed E-state index contributed by atoms with van der Waals surface area (Å²) in [4.78, 5) is 16.8. The van der Waals surface area contributed by atoms with Crippen molar-refractivity contribution in [3.8, 4) is 6.07 Å². The van der Waals surface area contributed by atoms with Crippen LogP contribution in [0.2, 0.25) is 0 Å². The molecule has 2 rings (SSSR count). The quantitative estimate of drug-likeness (QED) is 0.786. The molecule has 0 N–H and O–H groups in total. The minimum absolute atomic E-state index is 0.0765. The molecule has 21 heavy (non-hydrogen) atoms. The van der Waals surface area contributed by atoms with Gasteiger partial charge in [0.05, 0.1) is 6.07 Å². The summed E-state index contributed by atoms with van der Waals surface area (Å²) >= 11 is 0. The maximum absolute atomic E-state index is 12.3. The van der Waals surface area contributed by atoms with Crippen LogP contribution in [0, 0.1) is 22.7 Å². The van der Waals surface area contributed by atoms with Crippen molar-refractivity contribution < 1.29 is 4.79 Å². The molecule has 2 saturated heterocycles. The summed E-state index contributed by atoms with van der Waals surface area (Å²) in [5.74, 6) is 0.568. The fourth-order valence-electron chi connectivity index (χ4n) is 3.44. The van der Waals surface area contributed by atoms with Crippen molar-refractivity contribution >= 4 is 5.91 Å². The lowest BCUT2D eigenvalue weighted by Crippen LogP contribution is -2.49. The van der Waals surface area contributed by atoms with Gasteiger partial charge in [-0.2, -0.15) is 5.26 Å². The van der Waals surface area contributed by atoms with E-state index in [4.69, 9.17) is 5.26 Å². The van der Waals surface area contributed by atoms with Crippen LogP contribution in [0.4, 0.5) is 0 Å². The Morgan fingerprint density at radius 1 is 1.10 bits per heavy atom. The minimum Gasteiger partial charge on any atom is -0.343 e. The third-order valence-electron chi connectivity index (χ3n) is 4.73. The van der Waals surface area contributed by atoms with Gasteiger partial charge in [-0.1, -0.05) is 20.8 Å². The van der Waals surface area contributed by atoms with Crippen LogP contribution in [-0.2, 0) is 4.79 Å². The molecule has 0 spiro atoms. The average Bonchev–Trinajstić information content (AvgIpc) is 2.46. The maximum atomic E-state index is 12.3. The van der Waals surface area contributed by atoms with Crippen LogP contribution in [0.25, 0.3) is 0 Å². The van der Waals surface area contributed by atoms with E-state index in [-0.39, 0.29) is 11.3 Å². The van der Waals surface area contributed by atoms with Crippen LogP contribution in [0.1, 0.15) is 52.9 Å². The number of likely N-dealkylation sites (tertiary alicyclic amines) is 2. The Hall–Kier alpha value is -1.08. The smallest absolute Gasteiger partial charge is 0.223 e. The first-order valence-corrected chi connectivity index (χ1v) is 8.30. The van der Waals surface area contributed by atoms with E-state index in [9.17, 15) is 4.79 Å². The normalized spacial score (nSPS) is 23.0. The fourth-order valence-corrected chi connectivity index (χ4v) is 3.44. The van der Waals surface area contributed by atoms with Crippen LogP contribution < -0.4 is 0 Å². The van der Waals surface area contributed by atoms with Crippen LogP contribution in [0.3, 0.4) is 0 Å².